The Bertz CT molecular complexity index is 900. The van der Waals surface area contributed by atoms with Gasteiger partial charge < -0.3 is 14.2 Å². The largest absolute Gasteiger partial charge is 0.497 e. The van der Waals surface area contributed by atoms with Gasteiger partial charge in [-0.15, -0.1) is 0 Å². The summed E-state index contributed by atoms with van der Waals surface area (Å²) in [7, 11) is 1.62. The highest BCUT2D eigenvalue weighted by atomic mass is 32.1. The van der Waals surface area contributed by atoms with Crippen LogP contribution in [-0.4, -0.2) is 31.2 Å². The number of amides is 1. The summed E-state index contributed by atoms with van der Waals surface area (Å²) in [5.74, 6) is 1.68. The van der Waals surface area contributed by atoms with Crippen LogP contribution in [0.2, 0.25) is 0 Å². The number of anilines is 1. The molecule has 7 heteroatoms. The van der Waals surface area contributed by atoms with E-state index in [-0.39, 0.29) is 5.91 Å². The average Bonchev–Trinajstić information content (AvgIpc) is 3.18. The molecule has 30 heavy (non-hydrogen) atoms. The van der Waals surface area contributed by atoms with E-state index < -0.39 is 0 Å². The Morgan fingerprint density at radius 2 is 1.53 bits per heavy atom. The molecule has 3 aromatic rings. The summed E-state index contributed by atoms with van der Waals surface area (Å²) in [5.41, 5.74) is 1.26. The van der Waals surface area contributed by atoms with Gasteiger partial charge in [-0.3, -0.25) is 10.1 Å². The lowest BCUT2D eigenvalue weighted by Crippen LogP contribution is -2.12. The Hall–Kier alpha value is -2.80. The summed E-state index contributed by atoms with van der Waals surface area (Å²) in [5, 5.41) is 3.37. The Kier molecular flexibility index (Phi) is 11.3. The molecule has 1 aromatic heterocycles. The van der Waals surface area contributed by atoms with E-state index in [4.69, 9.17) is 14.2 Å². The second kappa shape index (κ2) is 13.4. The van der Waals surface area contributed by atoms with E-state index in [0.29, 0.717) is 35.4 Å². The quantitative estimate of drug-likeness (QED) is 0.467. The third-order valence-electron chi connectivity index (χ3n) is 3.58. The third kappa shape index (κ3) is 6.91. The maximum atomic E-state index is 12.6. The van der Waals surface area contributed by atoms with Crippen LogP contribution in [0.15, 0.2) is 36.4 Å². The number of nitrogens with zero attached hydrogens (tertiary/aromatic N) is 1. The van der Waals surface area contributed by atoms with Crippen LogP contribution in [0.4, 0.5) is 5.13 Å². The molecule has 0 radical (unpaired) electrons. The number of hydrogen-bond acceptors (Lipinski definition) is 6. The van der Waals surface area contributed by atoms with Crippen molar-refractivity contribution in [1.29, 1.82) is 0 Å². The number of methoxy groups -OCH3 is 1. The number of carbonyl (C=O) groups is 1. The van der Waals surface area contributed by atoms with Crippen molar-refractivity contribution in [3.63, 3.8) is 0 Å². The van der Waals surface area contributed by atoms with Gasteiger partial charge in [-0.1, -0.05) is 39.0 Å². The highest BCUT2D eigenvalue weighted by Gasteiger charge is 2.13. The molecule has 2 aromatic carbocycles. The van der Waals surface area contributed by atoms with Crippen molar-refractivity contribution in [3.05, 3.63) is 42.0 Å². The Morgan fingerprint density at radius 1 is 0.933 bits per heavy atom. The normalized spacial score (nSPS) is 9.57. The van der Waals surface area contributed by atoms with Crippen molar-refractivity contribution >= 4 is 32.6 Å². The molecule has 0 atom stereocenters. The van der Waals surface area contributed by atoms with Gasteiger partial charge in [0.2, 0.25) is 0 Å². The summed E-state index contributed by atoms with van der Waals surface area (Å²) in [6, 6.07) is 10.8. The van der Waals surface area contributed by atoms with Gasteiger partial charge in [0, 0.05) is 11.6 Å². The van der Waals surface area contributed by atoms with Crippen molar-refractivity contribution in [3.8, 4) is 17.2 Å². The summed E-state index contributed by atoms with van der Waals surface area (Å²) < 4.78 is 17.2. The van der Waals surface area contributed by atoms with Gasteiger partial charge in [0.15, 0.2) is 5.13 Å². The maximum Gasteiger partial charge on any atom is 0.257 e. The van der Waals surface area contributed by atoms with Crippen LogP contribution in [0.3, 0.4) is 0 Å². The number of rotatable bonds is 7. The molecule has 0 fully saturated rings. The van der Waals surface area contributed by atoms with E-state index in [0.717, 1.165) is 16.0 Å². The van der Waals surface area contributed by atoms with Gasteiger partial charge in [0.05, 0.1) is 30.5 Å². The molecule has 3 rings (SSSR count). The molecule has 0 spiro atoms. The zero-order chi connectivity index (χ0) is 22.5. The van der Waals surface area contributed by atoms with E-state index >= 15 is 0 Å². The molecule has 0 unspecified atom stereocenters. The van der Waals surface area contributed by atoms with Gasteiger partial charge in [-0.05, 0) is 44.2 Å². The van der Waals surface area contributed by atoms with Crippen molar-refractivity contribution < 1.29 is 19.0 Å². The van der Waals surface area contributed by atoms with Crippen molar-refractivity contribution in [2.45, 2.75) is 41.5 Å². The minimum Gasteiger partial charge on any atom is -0.497 e. The summed E-state index contributed by atoms with van der Waals surface area (Å²) in [6.45, 7) is 12.8. The summed E-state index contributed by atoms with van der Waals surface area (Å²) in [6.07, 6.45) is 0. The van der Waals surface area contributed by atoms with Crippen LogP contribution in [0.5, 0.6) is 17.2 Å². The predicted octanol–water partition coefficient (Wildman–Crippen LogP) is 6.41. The van der Waals surface area contributed by atoms with Crippen molar-refractivity contribution in [2.24, 2.45) is 0 Å². The standard InChI is InChI=1S/C19H20N2O4S.2C2H6/c1-4-24-14-8-12(9-15(10-14)25-5-2)18(22)21-19-20-16-7-6-13(23-3)11-17(16)26-19;2*1-2/h6-11H,4-5H2,1-3H3,(H,20,21,22);2*1-2H3. The van der Waals surface area contributed by atoms with E-state index in [9.17, 15) is 4.79 Å². The van der Waals surface area contributed by atoms with E-state index in [1.165, 1.54) is 11.3 Å². The van der Waals surface area contributed by atoms with Gasteiger partial charge >= 0.3 is 0 Å². The number of ether oxygens (including phenoxy) is 3. The summed E-state index contributed by atoms with van der Waals surface area (Å²) >= 11 is 1.39. The average molecular weight is 433 g/mol. The molecular formula is C23H32N2O4S. The number of fused-ring (bicyclic) bond motifs is 1. The minimum atomic E-state index is -0.265. The first-order valence-corrected chi connectivity index (χ1v) is 11.1. The molecule has 164 valence electrons. The van der Waals surface area contributed by atoms with Crippen LogP contribution in [0.25, 0.3) is 10.2 Å². The van der Waals surface area contributed by atoms with Crippen LogP contribution >= 0.6 is 11.3 Å². The number of thiazole rings is 1. The number of aromatic nitrogens is 1. The minimum absolute atomic E-state index is 0.265. The first-order valence-electron chi connectivity index (χ1n) is 10.3. The number of hydrogen-bond donors (Lipinski definition) is 1. The lowest BCUT2D eigenvalue weighted by molar-refractivity contribution is 0.102. The molecule has 0 aliphatic rings. The van der Waals surface area contributed by atoms with Gasteiger partial charge in [-0.25, -0.2) is 4.98 Å². The van der Waals surface area contributed by atoms with E-state index in [2.05, 4.69) is 10.3 Å². The zero-order valence-electron chi connectivity index (χ0n) is 18.9. The molecule has 0 saturated carbocycles. The van der Waals surface area contributed by atoms with Crippen molar-refractivity contribution in [1.82, 2.24) is 4.98 Å². The molecule has 1 N–H and O–H groups in total. The zero-order valence-corrected chi connectivity index (χ0v) is 19.7. The first kappa shape index (κ1) is 25.2. The number of benzene rings is 2. The summed E-state index contributed by atoms with van der Waals surface area (Å²) in [4.78, 5) is 17.1. The molecule has 0 bridgehead atoms. The molecule has 1 heterocycles. The monoisotopic (exact) mass is 432 g/mol. The molecule has 0 aliphatic heterocycles. The smallest absolute Gasteiger partial charge is 0.257 e. The highest BCUT2D eigenvalue weighted by Crippen LogP contribution is 2.30. The molecule has 0 saturated heterocycles. The van der Waals surface area contributed by atoms with Gasteiger partial charge in [-0.2, -0.15) is 0 Å². The molecular weight excluding hydrogens is 400 g/mol. The highest BCUT2D eigenvalue weighted by molar-refractivity contribution is 7.22. The van der Waals surface area contributed by atoms with Crippen LogP contribution in [0, 0.1) is 0 Å². The second-order valence-corrected chi connectivity index (χ2v) is 6.40. The number of nitrogens with one attached hydrogen (secondary N) is 1. The molecule has 1 amide bonds. The van der Waals surface area contributed by atoms with Gasteiger partial charge in [0.25, 0.3) is 5.91 Å². The Morgan fingerprint density at radius 3 is 2.07 bits per heavy atom. The second-order valence-electron chi connectivity index (χ2n) is 5.37. The SMILES string of the molecule is CC.CC.CCOc1cc(OCC)cc(C(=O)Nc2nc3ccc(OC)cc3s2)c1. The fourth-order valence-electron chi connectivity index (χ4n) is 2.46. The fraction of sp³-hybridized carbons (Fsp3) is 0.391. The van der Waals surface area contributed by atoms with E-state index in [1.54, 1.807) is 25.3 Å². The lowest BCUT2D eigenvalue weighted by Gasteiger charge is -2.10. The van der Waals surface area contributed by atoms with Crippen LogP contribution in [0.1, 0.15) is 51.9 Å². The van der Waals surface area contributed by atoms with Crippen LogP contribution < -0.4 is 19.5 Å². The third-order valence-corrected chi connectivity index (χ3v) is 4.51. The van der Waals surface area contributed by atoms with Crippen LogP contribution in [-0.2, 0) is 0 Å². The first-order chi connectivity index (χ1) is 14.6. The van der Waals surface area contributed by atoms with E-state index in [1.807, 2.05) is 59.7 Å². The maximum absolute atomic E-state index is 12.6. The lowest BCUT2D eigenvalue weighted by atomic mass is 10.2. The Labute approximate surface area is 183 Å². The molecule has 0 aliphatic carbocycles. The fourth-order valence-corrected chi connectivity index (χ4v) is 3.35. The number of carbonyl (C=O) groups excluding carboxylic acids is 1. The van der Waals surface area contributed by atoms with Crippen molar-refractivity contribution in [2.75, 3.05) is 25.6 Å². The Balaban J connectivity index is 0.00000106. The van der Waals surface area contributed by atoms with Gasteiger partial charge in [0.1, 0.15) is 17.2 Å². The predicted molar refractivity (Wildman–Crippen MR) is 126 cm³/mol. The molecule has 6 nitrogen and oxygen atoms in total. The topological polar surface area (TPSA) is 69.7 Å².